The Balaban J connectivity index is 1.91. The van der Waals surface area contributed by atoms with E-state index in [1.54, 1.807) is 0 Å². The molecule has 0 saturated heterocycles. The van der Waals surface area contributed by atoms with E-state index in [-0.39, 0.29) is 5.54 Å². The van der Waals surface area contributed by atoms with Crippen molar-refractivity contribution in [1.29, 1.82) is 0 Å². The zero-order valence-electron chi connectivity index (χ0n) is 7.39. The predicted molar refractivity (Wildman–Crippen MR) is 56.6 cm³/mol. The fraction of sp³-hybridized carbons (Fsp3) is 0.455. The lowest BCUT2D eigenvalue weighted by molar-refractivity contribution is -0.0590. The van der Waals surface area contributed by atoms with Crippen molar-refractivity contribution in [1.82, 2.24) is 0 Å². The van der Waals surface area contributed by atoms with E-state index in [2.05, 4.69) is 40.2 Å². The highest BCUT2D eigenvalue weighted by Crippen LogP contribution is 2.66. The predicted octanol–water partition coefficient (Wildman–Crippen LogP) is 2.58. The number of benzene rings is 1. The molecule has 1 nitrogen and oxygen atoms in total. The largest absolute Gasteiger partial charge is 0.325 e. The molecule has 0 heterocycles. The number of rotatable bonds is 1. The van der Waals surface area contributed by atoms with Gasteiger partial charge in [0.2, 0.25) is 0 Å². The fourth-order valence-electron chi connectivity index (χ4n) is 2.98. The third-order valence-corrected chi connectivity index (χ3v) is 4.06. The summed E-state index contributed by atoms with van der Waals surface area (Å²) in [6.45, 7) is 0. The van der Waals surface area contributed by atoms with Crippen molar-refractivity contribution in [3.05, 3.63) is 34.3 Å². The minimum atomic E-state index is 0.215. The first-order valence-corrected chi connectivity index (χ1v) is 5.46. The summed E-state index contributed by atoms with van der Waals surface area (Å²) in [5.74, 6) is 0. The normalized spacial score (nSPS) is 40.8. The summed E-state index contributed by atoms with van der Waals surface area (Å²) < 4.78 is 1.16. The minimum absolute atomic E-state index is 0.215. The molecule has 0 atom stereocenters. The highest BCUT2D eigenvalue weighted by Gasteiger charge is 2.66. The fourth-order valence-corrected chi connectivity index (χ4v) is 3.24. The molecule has 1 aromatic carbocycles. The van der Waals surface area contributed by atoms with Gasteiger partial charge in [0.25, 0.3) is 0 Å². The lowest BCUT2D eigenvalue weighted by atomic mass is 9.38. The quantitative estimate of drug-likeness (QED) is 0.799. The van der Waals surface area contributed by atoms with Gasteiger partial charge in [0.15, 0.2) is 0 Å². The third-order valence-electron chi connectivity index (χ3n) is 3.53. The molecular formula is C11H12BrN. The second-order valence-corrected chi connectivity index (χ2v) is 5.60. The van der Waals surface area contributed by atoms with Crippen LogP contribution in [0.15, 0.2) is 28.7 Å². The minimum Gasteiger partial charge on any atom is -0.325 e. The van der Waals surface area contributed by atoms with Crippen LogP contribution in [0.2, 0.25) is 0 Å². The lowest BCUT2D eigenvalue weighted by Crippen LogP contribution is -2.74. The second-order valence-electron chi connectivity index (χ2n) is 4.68. The Labute approximate surface area is 86.5 Å². The first-order valence-electron chi connectivity index (χ1n) is 4.67. The maximum atomic E-state index is 6.03. The third kappa shape index (κ3) is 0.960. The summed E-state index contributed by atoms with van der Waals surface area (Å²) >= 11 is 3.45. The molecule has 2 heteroatoms. The van der Waals surface area contributed by atoms with Gasteiger partial charge >= 0.3 is 0 Å². The van der Waals surface area contributed by atoms with Crippen molar-refractivity contribution in [2.24, 2.45) is 5.73 Å². The van der Waals surface area contributed by atoms with Crippen LogP contribution in [-0.2, 0) is 5.41 Å². The van der Waals surface area contributed by atoms with E-state index >= 15 is 0 Å². The zero-order valence-corrected chi connectivity index (χ0v) is 8.97. The van der Waals surface area contributed by atoms with Gasteiger partial charge in [-0.05, 0) is 37.0 Å². The molecule has 3 saturated carbocycles. The molecule has 0 radical (unpaired) electrons. The SMILES string of the molecule is NC12CC(c3ccc(Br)cc3)(C1)C2. The Morgan fingerprint density at radius 2 is 1.62 bits per heavy atom. The molecule has 0 aromatic heterocycles. The van der Waals surface area contributed by atoms with Crippen LogP contribution in [0.4, 0.5) is 0 Å². The van der Waals surface area contributed by atoms with Crippen LogP contribution in [0.3, 0.4) is 0 Å². The van der Waals surface area contributed by atoms with Gasteiger partial charge in [-0.3, -0.25) is 0 Å². The van der Waals surface area contributed by atoms with Crippen molar-refractivity contribution in [2.75, 3.05) is 0 Å². The molecular weight excluding hydrogens is 226 g/mol. The van der Waals surface area contributed by atoms with Crippen LogP contribution < -0.4 is 5.73 Å². The zero-order chi connectivity index (χ0) is 9.10. The molecule has 0 amide bonds. The summed E-state index contributed by atoms with van der Waals surface area (Å²) in [6, 6.07) is 8.70. The van der Waals surface area contributed by atoms with Gasteiger partial charge in [-0.2, -0.15) is 0 Å². The van der Waals surface area contributed by atoms with E-state index < -0.39 is 0 Å². The standard InChI is InChI=1S/C11H12BrN/c12-9-3-1-8(2-4-9)10-5-11(13,6-10)7-10/h1-4H,5-7,13H2. The summed E-state index contributed by atoms with van der Waals surface area (Å²) in [5.41, 5.74) is 8.19. The summed E-state index contributed by atoms with van der Waals surface area (Å²) in [4.78, 5) is 0. The molecule has 3 aliphatic rings. The van der Waals surface area contributed by atoms with Crippen molar-refractivity contribution in [3.8, 4) is 0 Å². The van der Waals surface area contributed by atoms with Gasteiger partial charge in [0, 0.05) is 15.4 Å². The molecule has 3 aliphatic carbocycles. The van der Waals surface area contributed by atoms with Crippen molar-refractivity contribution in [2.45, 2.75) is 30.2 Å². The molecule has 13 heavy (non-hydrogen) atoms. The van der Waals surface area contributed by atoms with E-state index in [0.29, 0.717) is 5.41 Å². The molecule has 0 spiro atoms. The Morgan fingerprint density at radius 3 is 2.08 bits per heavy atom. The average Bonchev–Trinajstić information content (AvgIpc) is 1.99. The Morgan fingerprint density at radius 1 is 1.08 bits per heavy atom. The molecule has 4 rings (SSSR count). The molecule has 2 N–H and O–H groups in total. The van der Waals surface area contributed by atoms with Gasteiger partial charge < -0.3 is 5.73 Å². The van der Waals surface area contributed by atoms with Gasteiger partial charge in [-0.25, -0.2) is 0 Å². The van der Waals surface area contributed by atoms with E-state index in [1.165, 1.54) is 24.8 Å². The Bertz CT molecular complexity index is 335. The number of halogens is 1. The van der Waals surface area contributed by atoms with Crippen LogP contribution >= 0.6 is 15.9 Å². The first-order chi connectivity index (χ1) is 6.12. The molecule has 0 aliphatic heterocycles. The molecule has 3 fully saturated rings. The average molecular weight is 238 g/mol. The number of hydrogen-bond acceptors (Lipinski definition) is 1. The maximum absolute atomic E-state index is 6.03. The highest BCUT2D eigenvalue weighted by atomic mass is 79.9. The maximum Gasteiger partial charge on any atom is 0.0179 e. The van der Waals surface area contributed by atoms with Gasteiger partial charge in [-0.1, -0.05) is 28.1 Å². The smallest absolute Gasteiger partial charge is 0.0179 e. The van der Waals surface area contributed by atoms with Crippen molar-refractivity contribution >= 4 is 15.9 Å². The van der Waals surface area contributed by atoms with Gasteiger partial charge in [0.1, 0.15) is 0 Å². The number of nitrogens with two attached hydrogens (primary N) is 1. The van der Waals surface area contributed by atoms with E-state index in [9.17, 15) is 0 Å². The summed E-state index contributed by atoms with van der Waals surface area (Å²) in [5, 5.41) is 0. The van der Waals surface area contributed by atoms with Crippen molar-refractivity contribution in [3.63, 3.8) is 0 Å². The lowest BCUT2D eigenvalue weighted by Gasteiger charge is -2.69. The van der Waals surface area contributed by atoms with Crippen LogP contribution in [0.5, 0.6) is 0 Å². The van der Waals surface area contributed by atoms with Crippen LogP contribution in [0.25, 0.3) is 0 Å². The van der Waals surface area contributed by atoms with E-state index in [0.717, 1.165) is 4.47 Å². The van der Waals surface area contributed by atoms with Crippen LogP contribution in [0.1, 0.15) is 24.8 Å². The number of hydrogen-bond donors (Lipinski definition) is 1. The molecule has 2 bridgehead atoms. The van der Waals surface area contributed by atoms with Gasteiger partial charge in [-0.15, -0.1) is 0 Å². The Kier molecular flexibility index (Phi) is 1.34. The first kappa shape index (κ1) is 8.01. The highest BCUT2D eigenvalue weighted by molar-refractivity contribution is 9.10. The summed E-state index contributed by atoms with van der Waals surface area (Å²) in [6.07, 6.45) is 3.59. The van der Waals surface area contributed by atoms with Crippen LogP contribution in [0, 0.1) is 0 Å². The van der Waals surface area contributed by atoms with Crippen molar-refractivity contribution < 1.29 is 0 Å². The summed E-state index contributed by atoms with van der Waals surface area (Å²) in [7, 11) is 0. The van der Waals surface area contributed by atoms with Gasteiger partial charge in [0.05, 0.1) is 0 Å². The van der Waals surface area contributed by atoms with E-state index in [1.807, 2.05) is 0 Å². The Hall–Kier alpha value is -0.340. The topological polar surface area (TPSA) is 26.0 Å². The molecule has 68 valence electrons. The van der Waals surface area contributed by atoms with Crippen LogP contribution in [-0.4, -0.2) is 5.54 Å². The second kappa shape index (κ2) is 2.18. The molecule has 0 unspecified atom stereocenters. The monoisotopic (exact) mass is 237 g/mol. The van der Waals surface area contributed by atoms with E-state index in [4.69, 9.17) is 5.73 Å². The molecule has 1 aromatic rings.